The zero-order valence-electron chi connectivity index (χ0n) is 10.5. The summed E-state index contributed by atoms with van der Waals surface area (Å²) in [6.45, 7) is 2.60. The molecule has 0 amide bonds. The highest BCUT2D eigenvalue weighted by Crippen LogP contribution is 2.29. The smallest absolute Gasteiger partial charge is 0.390 e. The maximum Gasteiger partial charge on any atom is 0.390 e. The van der Waals surface area contributed by atoms with Crippen molar-refractivity contribution in [2.75, 3.05) is 6.80 Å². The van der Waals surface area contributed by atoms with Gasteiger partial charge in [-0.25, -0.2) is 4.39 Å². The lowest BCUT2D eigenvalue weighted by Crippen LogP contribution is -2.34. The number of fused-ring (bicyclic) bond motifs is 1. The summed E-state index contributed by atoms with van der Waals surface area (Å²) in [5, 5.41) is 3.00. The van der Waals surface area contributed by atoms with Gasteiger partial charge in [0.25, 0.3) is 0 Å². The van der Waals surface area contributed by atoms with E-state index in [1.165, 1.54) is 6.26 Å². The molecule has 0 saturated carbocycles. The van der Waals surface area contributed by atoms with E-state index in [1.54, 1.807) is 24.3 Å². The molecule has 0 aliphatic heterocycles. The second-order valence-corrected chi connectivity index (χ2v) is 4.41. The maximum absolute atomic E-state index is 12.5. The number of hydrogen-bond donors (Lipinski definition) is 1. The summed E-state index contributed by atoms with van der Waals surface area (Å²) in [5.74, 6) is 0. The van der Waals surface area contributed by atoms with Crippen molar-refractivity contribution in [1.82, 2.24) is 5.32 Å². The molecule has 1 aromatic heterocycles. The van der Waals surface area contributed by atoms with E-state index in [4.69, 9.17) is 4.42 Å². The monoisotopic (exact) mass is 287 g/mol. The highest BCUT2D eigenvalue weighted by molar-refractivity contribution is 5.82. The fourth-order valence-electron chi connectivity index (χ4n) is 2.00. The zero-order valence-corrected chi connectivity index (χ0v) is 10.5. The first-order chi connectivity index (χ1) is 9.40. The molecule has 1 N–H and O–H groups in total. The van der Waals surface area contributed by atoms with Gasteiger partial charge in [-0.05, 0) is 23.3 Å². The van der Waals surface area contributed by atoms with Crippen molar-refractivity contribution in [3.63, 3.8) is 0 Å². The lowest BCUT2D eigenvalue weighted by molar-refractivity contribution is -0.137. The maximum atomic E-state index is 12.5. The summed E-state index contributed by atoms with van der Waals surface area (Å²) < 4.78 is 55.0. The minimum Gasteiger partial charge on any atom is -0.464 e. The number of hydrogen-bond acceptors (Lipinski definition) is 2. The summed E-state index contributed by atoms with van der Waals surface area (Å²) >= 11 is 0. The summed E-state index contributed by atoms with van der Waals surface area (Å²) in [4.78, 5) is 0. The minimum atomic E-state index is -4.40. The van der Waals surface area contributed by atoms with Crippen molar-refractivity contribution in [1.29, 1.82) is 0 Å². The first-order valence-corrected chi connectivity index (χ1v) is 5.93. The summed E-state index contributed by atoms with van der Waals surface area (Å²) in [5.41, 5.74) is 1.22. The van der Waals surface area contributed by atoms with E-state index >= 15 is 0 Å². The van der Waals surface area contributed by atoms with Crippen LogP contribution in [0.1, 0.15) is 12.0 Å². The predicted octanol–water partition coefficient (Wildman–Crippen LogP) is 4.28. The second kappa shape index (κ2) is 5.66. The van der Waals surface area contributed by atoms with Gasteiger partial charge in [0.1, 0.15) is 12.4 Å². The Balaban J connectivity index is 2.25. The number of halogens is 4. The normalized spacial score (nSPS) is 13.6. The van der Waals surface area contributed by atoms with Crippen LogP contribution in [-0.4, -0.2) is 19.0 Å². The summed E-state index contributed by atoms with van der Waals surface area (Å²) in [6, 6.07) is 5.51. The van der Waals surface area contributed by atoms with Crippen LogP contribution < -0.4 is 5.32 Å². The molecule has 2 nitrogen and oxygen atoms in total. The van der Waals surface area contributed by atoms with E-state index in [1.807, 2.05) is 0 Å². The van der Waals surface area contributed by atoms with Gasteiger partial charge in [-0.1, -0.05) is 18.7 Å². The Morgan fingerprint density at radius 3 is 2.70 bits per heavy atom. The lowest BCUT2D eigenvalue weighted by atomic mass is 9.97. The second-order valence-electron chi connectivity index (χ2n) is 4.41. The highest BCUT2D eigenvalue weighted by atomic mass is 19.4. The van der Waals surface area contributed by atoms with E-state index in [0.717, 1.165) is 5.39 Å². The van der Waals surface area contributed by atoms with E-state index in [-0.39, 0.29) is 5.57 Å². The fraction of sp³-hybridized carbons (Fsp3) is 0.286. The summed E-state index contributed by atoms with van der Waals surface area (Å²) in [6.07, 6.45) is -4.08. The highest BCUT2D eigenvalue weighted by Gasteiger charge is 2.33. The molecule has 6 heteroatoms. The van der Waals surface area contributed by atoms with Gasteiger partial charge in [0.05, 0.1) is 12.7 Å². The Kier molecular flexibility index (Phi) is 4.13. The molecule has 108 valence electrons. The Hall–Kier alpha value is -1.82. The van der Waals surface area contributed by atoms with Crippen molar-refractivity contribution in [3.8, 4) is 0 Å². The molecule has 20 heavy (non-hydrogen) atoms. The van der Waals surface area contributed by atoms with Gasteiger partial charge in [0.2, 0.25) is 0 Å². The van der Waals surface area contributed by atoms with Crippen LogP contribution in [-0.2, 0) is 0 Å². The minimum absolute atomic E-state index is 0.179. The Morgan fingerprint density at radius 2 is 2.05 bits per heavy atom. The molecule has 1 aromatic carbocycles. The van der Waals surface area contributed by atoms with Gasteiger partial charge in [0, 0.05) is 11.4 Å². The lowest BCUT2D eigenvalue weighted by Gasteiger charge is -2.21. The van der Waals surface area contributed by atoms with E-state index in [2.05, 4.69) is 11.9 Å². The molecule has 1 unspecified atom stereocenters. The van der Waals surface area contributed by atoms with Gasteiger partial charge >= 0.3 is 6.18 Å². The predicted molar refractivity (Wildman–Crippen MR) is 68.8 cm³/mol. The summed E-state index contributed by atoms with van der Waals surface area (Å²) in [7, 11) is 0. The van der Waals surface area contributed by atoms with Crippen molar-refractivity contribution in [2.24, 2.45) is 0 Å². The third-order valence-electron chi connectivity index (χ3n) is 3.01. The molecular formula is C14H13F4NO. The van der Waals surface area contributed by atoms with Crippen LogP contribution in [0.15, 0.2) is 41.5 Å². The number of nitrogens with one attached hydrogen (secondary N) is 1. The Bertz CT molecular complexity index is 602. The zero-order chi connectivity index (χ0) is 14.8. The average Bonchev–Trinajstić information content (AvgIpc) is 2.83. The first kappa shape index (κ1) is 14.6. The molecule has 0 radical (unpaired) electrons. The number of rotatable bonds is 5. The van der Waals surface area contributed by atoms with Crippen LogP contribution in [0.25, 0.3) is 16.5 Å². The number of alkyl halides is 4. The third kappa shape index (κ3) is 3.39. The Labute approximate surface area is 113 Å². The van der Waals surface area contributed by atoms with E-state index in [9.17, 15) is 17.6 Å². The average molecular weight is 287 g/mol. The molecule has 0 aliphatic rings. The van der Waals surface area contributed by atoms with Crippen LogP contribution in [0.4, 0.5) is 17.6 Å². The first-order valence-electron chi connectivity index (χ1n) is 5.93. The van der Waals surface area contributed by atoms with Crippen molar-refractivity contribution in [2.45, 2.75) is 18.6 Å². The third-order valence-corrected chi connectivity index (χ3v) is 3.01. The van der Waals surface area contributed by atoms with Crippen LogP contribution >= 0.6 is 0 Å². The molecule has 0 bridgehead atoms. The fourth-order valence-corrected chi connectivity index (χ4v) is 2.00. The van der Waals surface area contributed by atoms with E-state index in [0.29, 0.717) is 11.1 Å². The molecule has 0 saturated heterocycles. The van der Waals surface area contributed by atoms with Crippen LogP contribution in [0.5, 0.6) is 0 Å². The van der Waals surface area contributed by atoms with Gasteiger partial charge in [-0.2, -0.15) is 13.2 Å². The largest absolute Gasteiger partial charge is 0.464 e. The molecule has 2 rings (SSSR count). The molecule has 0 spiro atoms. The molecular weight excluding hydrogens is 274 g/mol. The van der Waals surface area contributed by atoms with Gasteiger partial charge < -0.3 is 4.42 Å². The Morgan fingerprint density at radius 1 is 1.30 bits per heavy atom. The van der Waals surface area contributed by atoms with Crippen molar-refractivity contribution >= 4 is 16.5 Å². The topological polar surface area (TPSA) is 25.2 Å². The number of benzene rings is 1. The molecule has 0 fully saturated rings. The van der Waals surface area contributed by atoms with Crippen LogP contribution in [0.3, 0.4) is 0 Å². The van der Waals surface area contributed by atoms with Gasteiger partial charge in [-0.3, -0.25) is 5.32 Å². The van der Waals surface area contributed by atoms with Crippen molar-refractivity contribution < 1.29 is 22.0 Å². The van der Waals surface area contributed by atoms with Crippen LogP contribution in [0, 0.1) is 0 Å². The number of furan rings is 1. The van der Waals surface area contributed by atoms with Crippen molar-refractivity contribution in [3.05, 3.63) is 42.7 Å². The van der Waals surface area contributed by atoms with Crippen LogP contribution in [0.2, 0.25) is 0 Å². The standard InChI is InChI=1S/C14H13F4NO/c1-9(12(19-8-15)7-14(16,17)18)11-3-2-10-4-5-20-13(10)6-11/h2-6,12,19H,1,7-8H2. The molecule has 1 heterocycles. The SMILES string of the molecule is C=C(c1ccc2ccoc2c1)C(CC(F)(F)F)NCF. The van der Waals surface area contributed by atoms with Gasteiger partial charge in [0.15, 0.2) is 0 Å². The molecule has 2 aromatic rings. The quantitative estimate of drug-likeness (QED) is 0.655. The van der Waals surface area contributed by atoms with E-state index < -0.39 is 25.4 Å². The molecule has 0 aliphatic carbocycles. The van der Waals surface area contributed by atoms with Gasteiger partial charge in [-0.15, -0.1) is 0 Å². The molecule has 1 atom stereocenters.